The first kappa shape index (κ1) is 12.9. The third-order valence-corrected chi connectivity index (χ3v) is 3.44. The second-order valence-electron chi connectivity index (χ2n) is 4.73. The molecule has 4 nitrogen and oxygen atoms in total. The van der Waals surface area contributed by atoms with E-state index in [4.69, 9.17) is 0 Å². The molecule has 2 N–H and O–H groups in total. The van der Waals surface area contributed by atoms with Crippen molar-refractivity contribution in [2.45, 2.75) is 18.9 Å². The summed E-state index contributed by atoms with van der Waals surface area (Å²) >= 11 is 0. The molecule has 0 saturated carbocycles. The van der Waals surface area contributed by atoms with Crippen molar-refractivity contribution < 1.29 is 4.79 Å². The predicted octanol–water partition coefficient (Wildman–Crippen LogP) is 1.23. The van der Waals surface area contributed by atoms with Gasteiger partial charge in [0.25, 0.3) is 0 Å². The zero-order valence-electron chi connectivity index (χ0n) is 10.9. The molecular weight excluding hydrogens is 226 g/mol. The highest BCUT2D eigenvalue weighted by atomic mass is 16.2. The highest BCUT2D eigenvalue weighted by Gasteiger charge is 2.22. The van der Waals surface area contributed by atoms with Crippen LogP contribution < -0.4 is 10.6 Å². The first-order chi connectivity index (χ1) is 8.77. The van der Waals surface area contributed by atoms with E-state index in [0.29, 0.717) is 12.6 Å². The van der Waals surface area contributed by atoms with Crippen LogP contribution in [0, 0.1) is 0 Å². The van der Waals surface area contributed by atoms with Crippen LogP contribution in [0.5, 0.6) is 0 Å². The van der Waals surface area contributed by atoms with Gasteiger partial charge in [-0.25, -0.2) is 4.79 Å². The van der Waals surface area contributed by atoms with Crippen molar-refractivity contribution in [1.29, 1.82) is 0 Å². The molecule has 1 aliphatic rings. The first-order valence-corrected chi connectivity index (χ1v) is 6.52. The van der Waals surface area contributed by atoms with Gasteiger partial charge in [0.15, 0.2) is 0 Å². The number of nitrogens with zero attached hydrogens (tertiary/aromatic N) is 1. The van der Waals surface area contributed by atoms with Crippen LogP contribution in [0.2, 0.25) is 0 Å². The average molecular weight is 247 g/mol. The lowest BCUT2D eigenvalue weighted by Crippen LogP contribution is -2.45. The van der Waals surface area contributed by atoms with Crippen molar-refractivity contribution in [2.75, 3.05) is 26.7 Å². The van der Waals surface area contributed by atoms with Gasteiger partial charge in [0.2, 0.25) is 0 Å². The van der Waals surface area contributed by atoms with Crippen LogP contribution in [-0.4, -0.2) is 43.7 Å². The summed E-state index contributed by atoms with van der Waals surface area (Å²) in [5, 5.41) is 6.24. The SMILES string of the molecule is CN(C(=O)NCCc1ccccc1)C1CCNC1. The maximum Gasteiger partial charge on any atom is 0.317 e. The van der Waals surface area contributed by atoms with Gasteiger partial charge in [-0.2, -0.15) is 0 Å². The molecule has 1 atom stereocenters. The van der Waals surface area contributed by atoms with E-state index in [1.54, 1.807) is 0 Å². The molecule has 2 amide bonds. The zero-order valence-corrected chi connectivity index (χ0v) is 10.9. The van der Waals surface area contributed by atoms with E-state index in [2.05, 4.69) is 22.8 Å². The van der Waals surface area contributed by atoms with Crippen molar-refractivity contribution in [3.63, 3.8) is 0 Å². The number of benzene rings is 1. The molecule has 0 radical (unpaired) electrons. The average Bonchev–Trinajstić information content (AvgIpc) is 2.93. The monoisotopic (exact) mass is 247 g/mol. The number of carbonyl (C=O) groups excluding carboxylic acids is 1. The number of hydrogen-bond donors (Lipinski definition) is 2. The molecule has 2 rings (SSSR count). The van der Waals surface area contributed by atoms with Crippen molar-refractivity contribution in [2.24, 2.45) is 0 Å². The Morgan fingerprint density at radius 3 is 2.89 bits per heavy atom. The second-order valence-corrected chi connectivity index (χ2v) is 4.73. The van der Waals surface area contributed by atoms with Crippen molar-refractivity contribution in [1.82, 2.24) is 15.5 Å². The van der Waals surface area contributed by atoms with Gasteiger partial charge >= 0.3 is 6.03 Å². The maximum absolute atomic E-state index is 11.9. The molecule has 98 valence electrons. The van der Waals surface area contributed by atoms with Gasteiger partial charge in [-0.05, 0) is 24.9 Å². The van der Waals surface area contributed by atoms with Crippen LogP contribution in [0.3, 0.4) is 0 Å². The van der Waals surface area contributed by atoms with Crippen molar-refractivity contribution in [3.8, 4) is 0 Å². The van der Waals surface area contributed by atoms with Gasteiger partial charge in [0, 0.05) is 26.2 Å². The standard InChI is InChI=1S/C14H21N3O/c1-17(13-8-9-15-11-13)14(18)16-10-7-12-5-3-2-4-6-12/h2-6,13,15H,7-11H2,1H3,(H,16,18). The van der Waals surface area contributed by atoms with Gasteiger partial charge in [-0.1, -0.05) is 30.3 Å². The minimum atomic E-state index is 0.0274. The van der Waals surface area contributed by atoms with Gasteiger partial charge in [-0.15, -0.1) is 0 Å². The Bertz CT molecular complexity index is 374. The van der Waals surface area contributed by atoms with Gasteiger partial charge in [0.05, 0.1) is 0 Å². The number of urea groups is 1. The van der Waals surface area contributed by atoms with Crippen LogP contribution in [0.25, 0.3) is 0 Å². The lowest BCUT2D eigenvalue weighted by Gasteiger charge is -2.24. The normalized spacial score (nSPS) is 18.6. The van der Waals surface area contributed by atoms with Crippen LogP contribution in [0.15, 0.2) is 30.3 Å². The molecule has 1 fully saturated rings. The lowest BCUT2D eigenvalue weighted by atomic mass is 10.1. The highest BCUT2D eigenvalue weighted by molar-refractivity contribution is 5.74. The molecule has 0 aromatic heterocycles. The molecule has 4 heteroatoms. The molecular formula is C14H21N3O. The highest BCUT2D eigenvalue weighted by Crippen LogP contribution is 2.06. The lowest BCUT2D eigenvalue weighted by molar-refractivity contribution is 0.194. The molecule has 0 aliphatic carbocycles. The summed E-state index contributed by atoms with van der Waals surface area (Å²) in [5.41, 5.74) is 1.25. The fourth-order valence-electron chi connectivity index (χ4n) is 2.22. The topological polar surface area (TPSA) is 44.4 Å². The van der Waals surface area contributed by atoms with Gasteiger partial charge < -0.3 is 15.5 Å². The number of nitrogens with one attached hydrogen (secondary N) is 2. The predicted molar refractivity (Wildman–Crippen MR) is 72.6 cm³/mol. The van der Waals surface area contributed by atoms with Crippen LogP contribution >= 0.6 is 0 Å². The van der Waals surface area contributed by atoms with Crippen LogP contribution in [0.4, 0.5) is 4.79 Å². The minimum Gasteiger partial charge on any atom is -0.338 e. The number of likely N-dealkylation sites (N-methyl/N-ethyl adjacent to an activating group) is 1. The van der Waals surface area contributed by atoms with E-state index in [-0.39, 0.29) is 6.03 Å². The van der Waals surface area contributed by atoms with E-state index in [1.807, 2.05) is 30.1 Å². The maximum atomic E-state index is 11.9. The smallest absolute Gasteiger partial charge is 0.317 e. The number of hydrogen-bond acceptors (Lipinski definition) is 2. The minimum absolute atomic E-state index is 0.0274. The third-order valence-electron chi connectivity index (χ3n) is 3.44. The number of carbonyl (C=O) groups is 1. The van der Waals surface area contributed by atoms with Crippen LogP contribution in [0.1, 0.15) is 12.0 Å². The molecule has 18 heavy (non-hydrogen) atoms. The summed E-state index contributed by atoms with van der Waals surface area (Å²) in [6, 6.07) is 10.6. The number of amides is 2. The molecule has 0 bridgehead atoms. The molecule has 1 aliphatic heterocycles. The molecule has 1 heterocycles. The van der Waals surface area contributed by atoms with E-state index in [0.717, 1.165) is 25.9 Å². The van der Waals surface area contributed by atoms with Crippen molar-refractivity contribution >= 4 is 6.03 Å². The van der Waals surface area contributed by atoms with Crippen molar-refractivity contribution in [3.05, 3.63) is 35.9 Å². The Balaban J connectivity index is 1.71. The summed E-state index contributed by atoms with van der Waals surface area (Å²) in [5.74, 6) is 0. The van der Waals surface area contributed by atoms with E-state index < -0.39 is 0 Å². The second kappa shape index (κ2) is 6.40. The zero-order chi connectivity index (χ0) is 12.8. The first-order valence-electron chi connectivity index (χ1n) is 6.52. The summed E-state index contributed by atoms with van der Waals surface area (Å²) < 4.78 is 0. The fraction of sp³-hybridized carbons (Fsp3) is 0.500. The Hall–Kier alpha value is -1.55. The van der Waals surface area contributed by atoms with Crippen LogP contribution in [-0.2, 0) is 6.42 Å². The molecule has 0 spiro atoms. The largest absolute Gasteiger partial charge is 0.338 e. The third kappa shape index (κ3) is 3.47. The molecule has 1 unspecified atom stereocenters. The quantitative estimate of drug-likeness (QED) is 0.840. The van der Waals surface area contributed by atoms with E-state index >= 15 is 0 Å². The molecule has 1 aromatic carbocycles. The fourth-order valence-corrected chi connectivity index (χ4v) is 2.22. The number of rotatable bonds is 4. The Kier molecular flexibility index (Phi) is 4.59. The van der Waals surface area contributed by atoms with E-state index in [9.17, 15) is 4.79 Å². The van der Waals surface area contributed by atoms with Gasteiger partial charge in [-0.3, -0.25) is 0 Å². The summed E-state index contributed by atoms with van der Waals surface area (Å²) in [6.45, 7) is 2.60. The molecule has 1 saturated heterocycles. The summed E-state index contributed by atoms with van der Waals surface area (Å²) in [7, 11) is 1.87. The van der Waals surface area contributed by atoms with Gasteiger partial charge in [0.1, 0.15) is 0 Å². The summed E-state index contributed by atoms with van der Waals surface area (Å²) in [4.78, 5) is 13.7. The Labute approximate surface area is 108 Å². The molecule has 1 aromatic rings. The van der Waals surface area contributed by atoms with E-state index in [1.165, 1.54) is 5.56 Å². The summed E-state index contributed by atoms with van der Waals surface area (Å²) in [6.07, 6.45) is 1.92. The Morgan fingerprint density at radius 1 is 1.44 bits per heavy atom. The Morgan fingerprint density at radius 2 is 2.22 bits per heavy atom.